The molecule has 4 N–H and O–H groups in total. The lowest BCUT2D eigenvalue weighted by Gasteiger charge is -2.40. The number of aromatic nitrogens is 2. The summed E-state index contributed by atoms with van der Waals surface area (Å²) in [5, 5.41) is 5.05. The van der Waals surface area contributed by atoms with Crippen molar-refractivity contribution in [1.82, 2.24) is 25.5 Å². The number of halogens is 4. The van der Waals surface area contributed by atoms with Crippen molar-refractivity contribution < 1.29 is 36.6 Å². The van der Waals surface area contributed by atoms with Gasteiger partial charge in [0, 0.05) is 36.2 Å². The summed E-state index contributed by atoms with van der Waals surface area (Å²) >= 11 is 0. The van der Waals surface area contributed by atoms with Crippen LogP contribution in [0.5, 0.6) is 6.01 Å². The van der Waals surface area contributed by atoms with E-state index in [-0.39, 0.29) is 37.7 Å². The van der Waals surface area contributed by atoms with E-state index >= 15 is 4.39 Å². The van der Waals surface area contributed by atoms with E-state index in [2.05, 4.69) is 38.9 Å². The fourth-order valence-electron chi connectivity index (χ4n) is 7.98. The minimum absolute atomic E-state index is 0.00398. The van der Waals surface area contributed by atoms with E-state index in [0.29, 0.717) is 36.5 Å². The largest absolute Gasteiger partial charge is 0.461 e. The fourth-order valence-corrected chi connectivity index (χ4v) is 7.98. The number of nitrogens with zero attached hydrogens (tertiary/aromatic N) is 4. The Kier molecular flexibility index (Phi) is 7.78. The van der Waals surface area contributed by atoms with Gasteiger partial charge in [-0.25, -0.2) is 9.18 Å². The summed E-state index contributed by atoms with van der Waals surface area (Å²) in [7, 11) is 0. The lowest BCUT2D eigenvalue weighted by molar-refractivity contribution is -0.140. The summed E-state index contributed by atoms with van der Waals surface area (Å²) < 4.78 is 71.4. The molecule has 2 aromatic rings. The van der Waals surface area contributed by atoms with Gasteiger partial charge < -0.3 is 25.4 Å². The number of carbonyl (C=O) groups is 2. The highest BCUT2D eigenvalue weighted by molar-refractivity contribution is 6.07. The lowest BCUT2D eigenvalue weighted by Crippen LogP contribution is -2.59. The first-order valence-electron chi connectivity index (χ1n) is 15.9. The first-order chi connectivity index (χ1) is 22.8. The van der Waals surface area contributed by atoms with Crippen LogP contribution < -0.4 is 26.0 Å². The summed E-state index contributed by atoms with van der Waals surface area (Å²) in [5.74, 6) is 3.55. The molecule has 0 unspecified atom stereocenters. The van der Waals surface area contributed by atoms with Gasteiger partial charge in [-0.2, -0.15) is 23.1 Å². The lowest BCUT2D eigenvalue weighted by atomic mass is 9.88. The standard InChI is InChI=1S/C33H35F4N7O4/c1-3-6-19-11-21(38)26(34)24(25(19)33(35,36)37)23-12-22-20(15-47-23)27(43-9-5-8-32(16-43)28(45)41-29(46)42-32)40-30(39-22)48-17-31-7-4-10-44(31)14-18(2)13-31/h11,23H,2,4-5,7-10,12-17,38H2,1H3,(H2,41,42,45,46)/t23-,31+,32+/m1/s1. The number of piperidine rings is 1. The van der Waals surface area contributed by atoms with Crippen molar-refractivity contribution >= 4 is 23.4 Å². The van der Waals surface area contributed by atoms with E-state index in [9.17, 15) is 22.8 Å². The molecule has 254 valence electrons. The molecule has 0 saturated carbocycles. The Hall–Kier alpha value is -4.42. The maximum absolute atomic E-state index is 15.6. The number of alkyl halides is 3. The quantitative estimate of drug-likeness (QED) is 0.143. The van der Waals surface area contributed by atoms with Gasteiger partial charge in [-0.3, -0.25) is 15.0 Å². The van der Waals surface area contributed by atoms with Gasteiger partial charge in [-0.1, -0.05) is 18.1 Å². The zero-order valence-corrected chi connectivity index (χ0v) is 26.4. The predicted octanol–water partition coefficient (Wildman–Crippen LogP) is 3.75. The second kappa shape index (κ2) is 11.6. The van der Waals surface area contributed by atoms with Crippen LogP contribution >= 0.6 is 0 Å². The number of benzene rings is 1. The van der Waals surface area contributed by atoms with Gasteiger partial charge in [-0.05, 0) is 51.6 Å². The molecule has 5 aliphatic rings. The van der Waals surface area contributed by atoms with Gasteiger partial charge in [0.05, 0.1) is 41.7 Å². The molecule has 4 saturated heterocycles. The van der Waals surface area contributed by atoms with Crippen molar-refractivity contribution in [3.05, 3.63) is 52.0 Å². The number of carbonyl (C=O) groups excluding carboxylic acids is 2. The Morgan fingerprint density at radius 1 is 1.23 bits per heavy atom. The number of hydrogen-bond acceptors (Lipinski definition) is 9. The van der Waals surface area contributed by atoms with Crippen LogP contribution in [-0.4, -0.2) is 70.7 Å². The molecule has 1 aromatic carbocycles. The maximum Gasteiger partial charge on any atom is 0.418 e. The van der Waals surface area contributed by atoms with Crippen LogP contribution in [-0.2, 0) is 28.7 Å². The molecule has 4 fully saturated rings. The normalized spacial score (nSPS) is 27.0. The van der Waals surface area contributed by atoms with Crippen LogP contribution in [0.3, 0.4) is 0 Å². The van der Waals surface area contributed by atoms with Gasteiger partial charge in [0.25, 0.3) is 5.91 Å². The predicted molar refractivity (Wildman–Crippen MR) is 165 cm³/mol. The van der Waals surface area contributed by atoms with Crippen molar-refractivity contribution in [1.29, 1.82) is 0 Å². The van der Waals surface area contributed by atoms with Gasteiger partial charge in [0.15, 0.2) is 5.82 Å². The number of hydrogen-bond donors (Lipinski definition) is 3. The number of amides is 3. The van der Waals surface area contributed by atoms with E-state index in [4.69, 9.17) is 20.2 Å². The van der Waals surface area contributed by atoms with E-state index in [0.717, 1.165) is 44.0 Å². The third-order valence-electron chi connectivity index (χ3n) is 10.1. The third kappa shape index (κ3) is 5.40. The molecule has 3 atom stereocenters. The number of ether oxygens (including phenoxy) is 2. The Labute approximate surface area is 274 Å². The van der Waals surface area contributed by atoms with Crippen molar-refractivity contribution in [3.63, 3.8) is 0 Å². The number of imide groups is 1. The summed E-state index contributed by atoms with van der Waals surface area (Å²) in [6.45, 7) is 7.82. The van der Waals surface area contributed by atoms with E-state index in [1.54, 1.807) is 0 Å². The summed E-state index contributed by atoms with van der Waals surface area (Å²) in [4.78, 5) is 38.6. The van der Waals surface area contributed by atoms with E-state index in [1.165, 1.54) is 6.92 Å². The molecular weight excluding hydrogens is 634 g/mol. The number of fused-ring (bicyclic) bond motifs is 2. The Bertz CT molecular complexity index is 1790. The average Bonchev–Trinajstić information content (AvgIpc) is 3.64. The van der Waals surface area contributed by atoms with Gasteiger partial charge in [0.1, 0.15) is 18.0 Å². The zero-order valence-electron chi connectivity index (χ0n) is 26.4. The summed E-state index contributed by atoms with van der Waals surface area (Å²) in [5.41, 5.74) is 3.41. The minimum Gasteiger partial charge on any atom is -0.461 e. The topological polar surface area (TPSA) is 135 Å². The second-order valence-electron chi connectivity index (χ2n) is 13.2. The molecule has 15 heteroatoms. The van der Waals surface area contributed by atoms with Crippen LogP contribution in [0, 0.1) is 17.7 Å². The first-order valence-corrected chi connectivity index (χ1v) is 15.9. The second-order valence-corrected chi connectivity index (χ2v) is 13.2. The summed E-state index contributed by atoms with van der Waals surface area (Å²) in [6.07, 6.45) is -2.97. The Balaban J connectivity index is 1.29. The van der Waals surface area contributed by atoms with Crippen molar-refractivity contribution in [3.8, 4) is 17.9 Å². The molecule has 1 aromatic heterocycles. The molecule has 5 aliphatic heterocycles. The highest BCUT2D eigenvalue weighted by atomic mass is 19.4. The number of anilines is 2. The molecule has 1 spiro atoms. The number of nitrogens with two attached hydrogens (primary N) is 1. The third-order valence-corrected chi connectivity index (χ3v) is 10.1. The molecule has 7 rings (SSSR count). The van der Waals surface area contributed by atoms with E-state index < -0.39 is 58.0 Å². The molecule has 0 radical (unpaired) electrons. The van der Waals surface area contributed by atoms with Gasteiger partial charge in [0.2, 0.25) is 0 Å². The molecule has 48 heavy (non-hydrogen) atoms. The number of urea groups is 1. The van der Waals surface area contributed by atoms with Crippen LogP contribution in [0.15, 0.2) is 18.2 Å². The average molecular weight is 670 g/mol. The van der Waals surface area contributed by atoms with Crippen LogP contribution in [0.25, 0.3) is 0 Å². The molecule has 11 nitrogen and oxygen atoms in total. The molecule has 0 bridgehead atoms. The minimum atomic E-state index is -4.95. The zero-order chi connectivity index (χ0) is 34.0. The van der Waals surface area contributed by atoms with Crippen molar-refractivity contribution in [2.24, 2.45) is 0 Å². The molecular formula is C33H35F4N7O4. The van der Waals surface area contributed by atoms with Gasteiger partial charge in [-0.15, -0.1) is 5.92 Å². The molecule has 0 aliphatic carbocycles. The van der Waals surface area contributed by atoms with Crippen molar-refractivity contribution in [2.45, 2.75) is 75.4 Å². The maximum atomic E-state index is 15.6. The van der Waals surface area contributed by atoms with Gasteiger partial charge >= 0.3 is 18.2 Å². The van der Waals surface area contributed by atoms with E-state index in [1.807, 2.05) is 4.90 Å². The monoisotopic (exact) mass is 669 g/mol. The summed E-state index contributed by atoms with van der Waals surface area (Å²) in [6, 6.07) is 0.302. The Morgan fingerprint density at radius 2 is 2.02 bits per heavy atom. The number of rotatable bonds is 5. The smallest absolute Gasteiger partial charge is 0.418 e. The van der Waals surface area contributed by atoms with Crippen LogP contribution in [0.1, 0.15) is 73.1 Å². The molecule has 6 heterocycles. The first kappa shape index (κ1) is 32.1. The van der Waals surface area contributed by atoms with Crippen LogP contribution in [0.2, 0.25) is 0 Å². The highest BCUT2D eigenvalue weighted by Crippen LogP contribution is 2.45. The SMILES string of the molecule is C=C1CN2CCC[C@@]2(COc2nc3c(c(N4CCC[C@@]5(C4)NC(=O)NC5=O)n2)CO[C@@H](c2c(F)c(N)cc(C#CC)c2C(F)(F)F)C3)C1. The fraction of sp³-hybridized carbons (Fsp3) is 0.515. The van der Waals surface area contributed by atoms with Crippen molar-refractivity contribution in [2.75, 3.05) is 43.4 Å². The number of nitrogen functional groups attached to an aromatic ring is 1. The number of nitrogens with one attached hydrogen (secondary N) is 2. The van der Waals surface area contributed by atoms with Crippen LogP contribution in [0.4, 0.5) is 33.9 Å². The highest BCUT2D eigenvalue weighted by Gasteiger charge is 2.50. The Morgan fingerprint density at radius 3 is 2.75 bits per heavy atom. The molecule has 3 amide bonds.